The second-order valence-corrected chi connectivity index (χ2v) is 2.85. The first kappa shape index (κ1) is 19.5. The molecule has 0 saturated carbocycles. The third kappa shape index (κ3) is 40.7. The number of hydrogen-bond donors (Lipinski definition) is 2. The van der Waals surface area contributed by atoms with Crippen LogP contribution in [0.3, 0.4) is 0 Å². The zero-order chi connectivity index (χ0) is 11.7. The second-order valence-electron chi connectivity index (χ2n) is 2.85. The fourth-order valence-corrected chi connectivity index (χ4v) is 0.674. The van der Waals surface area contributed by atoms with Crippen molar-refractivity contribution in [3.63, 3.8) is 0 Å². The van der Waals surface area contributed by atoms with Gasteiger partial charge in [-0.05, 0) is 13.0 Å². The first-order chi connectivity index (χ1) is 6.83. The fraction of sp³-hybridized carbons (Fsp3) is 1.00. The van der Waals surface area contributed by atoms with Gasteiger partial charge in [-0.3, -0.25) is 5.32 Å². The zero-order valence-corrected chi connectivity index (χ0v) is 10.6. The standard InChI is InChI=1S/C7H17NO.C3H8.CH4O/c1-3-4-5-6-8-7-9-2;1-3-2;1-2/h8H,3-7H2,1-2H3;3H2,1-2H3;2H,1H3. The lowest BCUT2D eigenvalue weighted by molar-refractivity contribution is 0.175. The van der Waals surface area contributed by atoms with Gasteiger partial charge in [0, 0.05) is 14.2 Å². The Balaban J connectivity index is -0.000000205. The molecule has 0 amide bonds. The van der Waals surface area contributed by atoms with Crippen molar-refractivity contribution >= 4 is 0 Å². The first-order valence-electron chi connectivity index (χ1n) is 5.47. The van der Waals surface area contributed by atoms with Gasteiger partial charge < -0.3 is 9.84 Å². The van der Waals surface area contributed by atoms with Crippen LogP contribution in [0, 0.1) is 0 Å². The van der Waals surface area contributed by atoms with E-state index in [1.807, 2.05) is 0 Å². The van der Waals surface area contributed by atoms with Crippen molar-refractivity contribution in [2.45, 2.75) is 46.5 Å². The van der Waals surface area contributed by atoms with Crippen LogP contribution in [0.4, 0.5) is 0 Å². The molecule has 3 nitrogen and oxygen atoms in total. The number of rotatable bonds is 6. The summed E-state index contributed by atoms with van der Waals surface area (Å²) in [5.74, 6) is 0. The third-order valence-electron chi connectivity index (χ3n) is 1.20. The number of unbranched alkanes of at least 4 members (excludes halogenated alkanes) is 2. The minimum Gasteiger partial charge on any atom is -0.400 e. The van der Waals surface area contributed by atoms with Gasteiger partial charge in [-0.15, -0.1) is 0 Å². The van der Waals surface area contributed by atoms with E-state index in [-0.39, 0.29) is 0 Å². The van der Waals surface area contributed by atoms with E-state index < -0.39 is 0 Å². The minimum absolute atomic E-state index is 0.684. The molecule has 0 bridgehead atoms. The van der Waals surface area contributed by atoms with E-state index in [2.05, 4.69) is 26.1 Å². The van der Waals surface area contributed by atoms with Crippen molar-refractivity contribution < 1.29 is 9.84 Å². The van der Waals surface area contributed by atoms with E-state index in [1.165, 1.54) is 25.7 Å². The van der Waals surface area contributed by atoms with Crippen LogP contribution in [0.25, 0.3) is 0 Å². The molecule has 0 atom stereocenters. The SMILES string of the molecule is CCC.CCCCCNCOC.CO. The number of nitrogens with one attached hydrogen (secondary N) is 1. The van der Waals surface area contributed by atoms with Crippen LogP contribution in [-0.2, 0) is 4.74 Å². The van der Waals surface area contributed by atoms with Gasteiger partial charge in [0.15, 0.2) is 0 Å². The normalized spacial score (nSPS) is 8.14. The molecule has 0 unspecified atom stereocenters. The predicted octanol–water partition coefficient (Wildman–Crippen LogP) is 2.39. The molecule has 0 rings (SSSR count). The lowest BCUT2D eigenvalue weighted by atomic mass is 10.2. The van der Waals surface area contributed by atoms with Gasteiger partial charge in [0.25, 0.3) is 0 Å². The molecular weight excluding hydrogens is 178 g/mol. The molecule has 0 aliphatic heterocycles. The number of methoxy groups -OCH3 is 1. The summed E-state index contributed by atoms with van der Waals surface area (Å²) in [6.07, 6.45) is 5.12. The summed E-state index contributed by atoms with van der Waals surface area (Å²) in [6, 6.07) is 0. The van der Waals surface area contributed by atoms with Crippen LogP contribution in [0.1, 0.15) is 46.5 Å². The highest BCUT2D eigenvalue weighted by atomic mass is 16.5. The second kappa shape index (κ2) is 29.3. The summed E-state index contributed by atoms with van der Waals surface area (Å²) in [7, 11) is 2.70. The number of hydrogen-bond acceptors (Lipinski definition) is 3. The average Bonchev–Trinajstić information content (AvgIpc) is 2.22. The van der Waals surface area contributed by atoms with Crippen LogP contribution < -0.4 is 5.32 Å². The molecular formula is C11H29NO2. The summed E-state index contributed by atoms with van der Waals surface area (Å²) in [5.41, 5.74) is 0. The molecule has 0 fully saturated rings. The van der Waals surface area contributed by atoms with Gasteiger partial charge in [-0.2, -0.15) is 0 Å². The number of aliphatic hydroxyl groups is 1. The highest BCUT2D eigenvalue weighted by Crippen LogP contribution is 1.90. The average molecular weight is 207 g/mol. The first-order valence-corrected chi connectivity index (χ1v) is 5.47. The molecule has 90 valence electrons. The maximum atomic E-state index is 7.00. The third-order valence-corrected chi connectivity index (χ3v) is 1.20. The predicted molar refractivity (Wildman–Crippen MR) is 63.5 cm³/mol. The molecule has 0 aliphatic rings. The lowest BCUT2D eigenvalue weighted by Gasteiger charge is -2.00. The van der Waals surface area contributed by atoms with Crippen molar-refractivity contribution in [1.29, 1.82) is 0 Å². The van der Waals surface area contributed by atoms with E-state index in [1.54, 1.807) is 7.11 Å². The van der Waals surface area contributed by atoms with Crippen LogP contribution in [0.5, 0.6) is 0 Å². The quantitative estimate of drug-likeness (QED) is 0.519. The van der Waals surface area contributed by atoms with Gasteiger partial charge in [-0.1, -0.05) is 40.0 Å². The van der Waals surface area contributed by atoms with E-state index in [9.17, 15) is 0 Å². The Morgan fingerprint density at radius 3 is 1.93 bits per heavy atom. The summed E-state index contributed by atoms with van der Waals surface area (Å²) in [5, 5.41) is 10.1. The Morgan fingerprint density at radius 2 is 1.57 bits per heavy atom. The highest BCUT2D eigenvalue weighted by molar-refractivity contribution is 4.41. The largest absolute Gasteiger partial charge is 0.400 e. The summed E-state index contributed by atoms with van der Waals surface area (Å²) >= 11 is 0. The Labute approximate surface area is 89.9 Å². The molecule has 0 aromatic rings. The van der Waals surface area contributed by atoms with Crippen LogP contribution in [0.2, 0.25) is 0 Å². The Kier molecular flexibility index (Phi) is 40.7. The molecule has 0 aromatic carbocycles. The highest BCUT2D eigenvalue weighted by Gasteiger charge is 1.83. The van der Waals surface area contributed by atoms with Crippen LogP contribution >= 0.6 is 0 Å². The smallest absolute Gasteiger partial charge is 0.0961 e. The molecule has 0 heterocycles. The van der Waals surface area contributed by atoms with Crippen molar-refractivity contribution in [1.82, 2.24) is 5.32 Å². The van der Waals surface area contributed by atoms with E-state index in [0.29, 0.717) is 6.73 Å². The summed E-state index contributed by atoms with van der Waals surface area (Å²) in [6.45, 7) is 8.22. The van der Waals surface area contributed by atoms with Crippen LogP contribution in [0.15, 0.2) is 0 Å². The molecule has 0 radical (unpaired) electrons. The molecule has 0 aliphatic carbocycles. The van der Waals surface area contributed by atoms with Crippen LogP contribution in [-0.4, -0.2) is 32.6 Å². The Hall–Kier alpha value is -0.120. The van der Waals surface area contributed by atoms with Gasteiger partial charge in [0.1, 0.15) is 0 Å². The molecule has 2 N–H and O–H groups in total. The maximum absolute atomic E-state index is 7.00. The topological polar surface area (TPSA) is 41.5 Å². The van der Waals surface area contributed by atoms with Gasteiger partial charge >= 0.3 is 0 Å². The van der Waals surface area contributed by atoms with Gasteiger partial charge in [-0.25, -0.2) is 0 Å². The zero-order valence-electron chi connectivity index (χ0n) is 10.6. The Morgan fingerprint density at radius 1 is 1.07 bits per heavy atom. The molecule has 0 aromatic heterocycles. The summed E-state index contributed by atoms with van der Waals surface area (Å²) < 4.78 is 4.81. The molecule has 14 heavy (non-hydrogen) atoms. The van der Waals surface area contributed by atoms with E-state index >= 15 is 0 Å². The van der Waals surface area contributed by atoms with Crippen molar-refractivity contribution in [2.75, 3.05) is 27.5 Å². The van der Waals surface area contributed by atoms with E-state index in [0.717, 1.165) is 13.7 Å². The molecule has 0 spiro atoms. The van der Waals surface area contributed by atoms with Crippen molar-refractivity contribution in [3.8, 4) is 0 Å². The fourth-order valence-electron chi connectivity index (χ4n) is 0.674. The Bertz CT molecular complexity index is 55.2. The lowest BCUT2D eigenvalue weighted by Crippen LogP contribution is -2.17. The van der Waals surface area contributed by atoms with Crippen molar-refractivity contribution in [2.24, 2.45) is 0 Å². The number of ether oxygens (including phenoxy) is 1. The monoisotopic (exact) mass is 207 g/mol. The van der Waals surface area contributed by atoms with Gasteiger partial charge in [0.2, 0.25) is 0 Å². The van der Waals surface area contributed by atoms with Crippen molar-refractivity contribution in [3.05, 3.63) is 0 Å². The number of aliphatic hydroxyl groups excluding tert-OH is 1. The molecule has 3 heteroatoms. The molecule has 0 saturated heterocycles. The van der Waals surface area contributed by atoms with E-state index in [4.69, 9.17) is 9.84 Å². The summed E-state index contributed by atoms with van der Waals surface area (Å²) in [4.78, 5) is 0. The maximum Gasteiger partial charge on any atom is 0.0961 e. The minimum atomic E-state index is 0.684. The van der Waals surface area contributed by atoms with Gasteiger partial charge in [0.05, 0.1) is 6.73 Å².